The highest BCUT2D eigenvalue weighted by Crippen LogP contribution is 2.18. The van der Waals surface area contributed by atoms with Gasteiger partial charge in [-0.05, 0) is 25.7 Å². The molecule has 2 amide bonds. The highest BCUT2D eigenvalue weighted by Gasteiger charge is 2.18. The van der Waals surface area contributed by atoms with Crippen molar-refractivity contribution in [3.05, 3.63) is 21.7 Å². The number of methoxy groups -OCH3 is 1. The lowest BCUT2D eigenvalue weighted by atomic mass is 10.3. The number of unbranched alkanes of at least 4 members (excludes halogenated alkanes) is 2. The van der Waals surface area contributed by atoms with Crippen molar-refractivity contribution < 1.29 is 14.3 Å². The van der Waals surface area contributed by atoms with E-state index in [1.165, 1.54) is 7.11 Å². The molecule has 0 bridgehead atoms. The molecule has 258 valence electrons. The zero-order valence-electron chi connectivity index (χ0n) is 25.6. The number of aliphatic imine (C=N–C) groups is 2. The number of carbonyl (C=O) groups excluding carboxylic acids is 2. The maximum atomic E-state index is 12.3. The first-order valence-electron chi connectivity index (χ1n) is 14.0. The Kier molecular flexibility index (Phi) is 13.6. The van der Waals surface area contributed by atoms with Crippen LogP contribution in [-0.4, -0.2) is 91.9 Å². The Hall–Kier alpha value is -5.77. The summed E-state index contributed by atoms with van der Waals surface area (Å²) in [7, 11) is 1.44. The van der Waals surface area contributed by atoms with Gasteiger partial charge in [0.2, 0.25) is 11.9 Å². The number of ether oxygens (including phenoxy) is 1. The molecule has 3 aromatic rings. The van der Waals surface area contributed by atoms with Crippen molar-refractivity contribution in [2.45, 2.75) is 25.7 Å². The summed E-state index contributed by atoms with van der Waals surface area (Å²) in [5, 5.41) is 10.6. The normalized spacial score (nSPS) is 11.6. The van der Waals surface area contributed by atoms with Crippen LogP contribution in [0.25, 0.3) is 0 Å². The monoisotopic (exact) mass is 707 g/mol. The van der Waals surface area contributed by atoms with Crippen LogP contribution in [0, 0.1) is 0 Å². The molecule has 0 spiro atoms. The fraction of sp³-hybridized carbons (Fsp3) is 0.375. The summed E-state index contributed by atoms with van der Waals surface area (Å²) in [4.78, 5) is 60.7. The van der Waals surface area contributed by atoms with Crippen molar-refractivity contribution in [3.63, 3.8) is 0 Å². The second kappa shape index (κ2) is 17.8. The third kappa shape index (κ3) is 11.2. The number of anilines is 6. The summed E-state index contributed by atoms with van der Waals surface area (Å²) in [6.45, 7) is 1.66. The molecule has 3 heterocycles. The quantitative estimate of drug-likeness (QED) is 0.0512. The van der Waals surface area contributed by atoms with E-state index in [9.17, 15) is 9.59 Å². The van der Waals surface area contributed by atoms with E-state index in [1.54, 1.807) is 0 Å². The Bertz CT molecular complexity index is 1560. The number of aromatic nitrogens is 7. The van der Waals surface area contributed by atoms with Crippen LogP contribution in [-0.2, 0) is 0 Å². The maximum absolute atomic E-state index is 12.3. The van der Waals surface area contributed by atoms with Gasteiger partial charge < -0.3 is 49.8 Å². The van der Waals surface area contributed by atoms with E-state index in [4.69, 9.17) is 62.3 Å². The van der Waals surface area contributed by atoms with E-state index >= 15 is 0 Å². The van der Waals surface area contributed by atoms with Crippen LogP contribution in [0.3, 0.4) is 0 Å². The minimum atomic E-state index is -0.721. The molecule has 16 N–H and O–H groups in total. The molecule has 0 fully saturated rings. The first-order valence-corrected chi connectivity index (χ1v) is 14.8. The summed E-state index contributed by atoms with van der Waals surface area (Å²) in [5.41, 5.74) is 33.5. The standard InChI is InChI=1S/C24H35Cl2N19O3/c1-48-24-44-22(35-8-4-2-6-33-20(31)41-18(46)10-14(27)39-16(29)12(25)37-10)43-23(45-24)36-9-5-3-7-34-21(32)42-19(47)11-15(28)40-17(30)13(26)38-11/h2-9H2,1H3,(H4,27,29,39)(H4,28,30,40)(H3,31,33,41,46)(H3,32,34,42,47)(H2,35,36,43,44,45). The van der Waals surface area contributed by atoms with Crippen LogP contribution in [0.15, 0.2) is 9.98 Å². The van der Waals surface area contributed by atoms with Crippen LogP contribution in [0.1, 0.15) is 46.7 Å². The van der Waals surface area contributed by atoms with Crippen LogP contribution < -0.4 is 60.4 Å². The lowest BCUT2D eigenvalue weighted by molar-refractivity contribution is 0.0964. The maximum Gasteiger partial charge on any atom is 0.322 e. The first-order chi connectivity index (χ1) is 22.9. The van der Waals surface area contributed by atoms with Crippen LogP contribution in [0.5, 0.6) is 6.01 Å². The van der Waals surface area contributed by atoms with Gasteiger partial charge in [0.1, 0.15) is 0 Å². The Balaban J connectivity index is 1.36. The van der Waals surface area contributed by atoms with Crippen molar-refractivity contribution in [2.75, 3.05) is 66.9 Å². The minimum Gasteiger partial charge on any atom is -0.467 e. The van der Waals surface area contributed by atoms with Gasteiger partial charge in [-0.15, -0.1) is 0 Å². The number of amides is 2. The van der Waals surface area contributed by atoms with Gasteiger partial charge in [0.15, 0.2) is 56.9 Å². The van der Waals surface area contributed by atoms with E-state index in [0.29, 0.717) is 63.8 Å². The van der Waals surface area contributed by atoms with Gasteiger partial charge >= 0.3 is 6.01 Å². The number of nitrogens with two attached hydrogens (primary N) is 6. The van der Waals surface area contributed by atoms with Gasteiger partial charge in [0, 0.05) is 26.2 Å². The average Bonchev–Trinajstić information content (AvgIpc) is 3.03. The molecule has 0 aliphatic carbocycles. The molecule has 3 rings (SSSR count). The smallest absolute Gasteiger partial charge is 0.322 e. The number of rotatable bonds is 15. The van der Waals surface area contributed by atoms with Gasteiger partial charge in [-0.2, -0.15) is 15.0 Å². The SMILES string of the molecule is COc1nc(NCCCCN=C(N)NC(=O)c2nc(Cl)c(N)nc2N)nc(NCCCCN=C(N)NC(=O)c2nc(Cl)c(N)nc2N)n1. The lowest BCUT2D eigenvalue weighted by Gasteiger charge is -2.09. The van der Waals surface area contributed by atoms with E-state index in [0.717, 1.165) is 0 Å². The highest BCUT2D eigenvalue weighted by atomic mass is 35.5. The second-order valence-corrected chi connectivity index (χ2v) is 10.2. The molecule has 24 heteroatoms. The Morgan fingerprint density at radius 1 is 0.646 bits per heavy atom. The van der Waals surface area contributed by atoms with Crippen molar-refractivity contribution in [3.8, 4) is 6.01 Å². The molecule has 0 aliphatic rings. The number of nitrogens with zero attached hydrogens (tertiary/aromatic N) is 9. The molecular weight excluding hydrogens is 673 g/mol. The summed E-state index contributed by atoms with van der Waals surface area (Å²) in [6, 6.07) is 0.122. The second-order valence-electron chi connectivity index (χ2n) is 9.45. The molecular formula is C24H35Cl2N19O3. The van der Waals surface area contributed by atoms with E-state index in [1.807, 2.05) is 0 Å². The lowest BCUT2D eigenvalue weighted by Crippen LogP contribution is -2.38. The van der Waals surface area contributed by atoms with Gasteiger partial charge in [0.05, 0.1) is 7.11 Å². The fourth-order valence-electron chi connectivity index (χ4n) is 3.53. The number of carbonyl (C=O) groups is 2. The average molecular weight is 709 g/mol. The highest BCUT2D eigenvalue weighted by molar-refractivity contribution is 6.32. The molecule has 22 nitrogen and oxygen atoms in total. The Morgan fingerprint density at radius 3 is 1.46 bits per heavy atom. The molecule has 48 heavy (non-hydrogen) atoms. The minimum absolute atomic E-state index is 0.0959. The predicted molar refractivity (Wildman–Crippen MR) is 181 cm³/mol. The Morgan fingerprint density at radius 2 is 1.06 bits per heavy atom. The summed E-state index contributed by atoms with van der Waals surface area (Å²) in [5.74, 6) is -1.65. The van der Waals surface area contributed by atoms with Crippen LogP contribution in [0.4, 0.5) is 35.2 Å². The van der Waals surface area contributed by atoms with E-state index in [-0.39, 0.29) is 62.9 Å². The number of nitrogens with one attached hydrogen (secondary N) is 4. The topological polar surface area (TPSA) is 363 Å². The van der Waals surface area contributed by atoms with E-state index in [2.05, 4.69) is 66.1 Å². The number of guanidine groups is 2. The number of hydrogen-bond donors (Lipinski definition) is 10. The molecule has 0 aromatic carbocycles. The van der Waals surface area contributed by atoms with Crippen LogP contribution >= 0.6 is 23.2 Å². The van der Waals surface area contributed by atoms with Crippen molar-refractivity contribution in [1.82, 2.24) is 45.5 Å². The van der Waals surface area contributed by atoms with Crippen LogP contribution in [0.2, 0.25) is 10.3 Å². The largest absolute Gasteiger partial charge is 0.467 e. The number of nitrogen functional groups attached to an aromatic ring is 4. The van der Waals surface area contributed by atoms with Crippen molar-refractivity contribution >= 4 is 82.1 Å². The Labute approximate surface area is 283 Å². The molecule has 0 radical (unpaired) electrons. The van der Waals surface area contributed by atoms with Gasteiger partial charge in [-0.25, -0.2) is 19.9 Å². The third-order valence-electron chi connectivity index (χ3n) is 5.82. The summed E-state index contributed by atoms with van der Waals surface area (Å²) >= 11 is 11.6. The van der Waals surface area contributed by atoms with Gasteiger partial charge in [0.25, 0.3) is 11.8 Å². The van der Waals surface area contributed by atoms with Gasteiger partial charge in [-0.3, -0.25) is 30.2 Å². The zero-order valence-corrected chi connectivity index (χ0v) is 27.1. The van der Waals surface area contributed by atoms with Crippen molar-refractivity contribution in [2.24, 2.45) is 21.5 Å². The number of halogens is 2. The zero-order chi connectivity index (χ0) is 35.2. The van der Waals surface area contributed by atoms with E-state index < -0.39 is 11.8 Å². The molecule has 0 saturated heterocycles. The summed E-state index contributed by atoms with van der Waals surface area (Å²) in [6.07, 6.45) is 2.60. The number of hydrogen-bond acceptors (Lipinski definition) is 18. The third-order valence-corrected chi connectivity index (χ3v) is 6.38. The predicted octanol–water partition coefficient (Wildman–Crippen LogP) is -1.03. The molecule has 0 saturated carbocycles. The molecule has 0 unspecified atom stereocenters. The molecule has 0 aliphatic heterocycles. The van der Waals surface area contributed by atoms with Crippen molar-refractivity contribution in [1.29, 1.82) is 0 Å². The van der Waals surface area contributed by atoms with Gasteiger partial charge in [-0.1, -0.05) is 23.2 Å². The fourth-order valence-corrected chi connectivity index (χ4v) is 3.78. The summed E-state index contributed by atoms with van der Waals surface area (Å²) < 4.78 is 5.17. The first kappa shape index (κ1) is 36.7. The molecule has 0 atom stereocenters. The molecule has 3 aromatic heterocycles.